The molecule has 0 saturated carbocycles. The second-order valence-electron chi connectivity index (χ2n) is 9.56. The van der Waals surface area contributed by atoms with Crippen LogP contribution >= 0.6 is 0 Å². The smallest absolute Gasteiger partial charge is 0.304 e. The van der Waals surface area contributed by atoms with E-state index in [-0.39, 0.29) is 13.0 Å². The van der Waals surface area contributed by atoms with Gasteiger partial charge in [0.1, 0.15) is 4.90 Å². The Labute approximate surface area is 218 Å². The van der Waals surface area contributed by atoms with Crippen LogP contribution in [0.15, 0.2) is 59.5 Å². The van der Waals surface area contributed by atoms with E-state index in [9.17, 15) is 18.3 Å². The van der Waals surface area contributed by atoms with Gasteiger partial charge in [-0.2, -0.15) is 4.31 Å². The third-order valence-corrected chi connectivity index (χ3v) is 9.17. The lowest BCUT2D eigenvalue weighted by atomic mass is 9.84. The average molecular weight is 523 g/mol. The number of aryl methyl sites for hydroxylation is 1. The molecule has 0 radical (unpaired) electrons. The number of aliphatic carboxylic acids is 1. The number of carboxylic acids is 1. The highest BCUT2D eigenvalue weighted by atomic mass is 32.2. The highest BCUT2D eigenvalue weighted by Gasteiger charge is 2.32. The molecule has 0 saturated heterocycles. The van der Waals surface area contributed by atoms with Crippen LogP contribution in [0.25, 0.3) is 0 Å². The standard InChI is InChI=1S/C28H34N4O4S/c1-18-9-10-20(23(16-27(33)34)22-11-12-24(30-3)28(29)19(22)2)15-21(18)17-32-14-13-31(4)25-7-5-6-8-26(25)37(32,35)36/h5-12,15,23,30H,13-14,16-17,29H2,1-4H3,(H,33,34). The summed E-state index contributed by atoms with van der Waals surface area (Å²) in [6, 6.07) is 16.6. The molecular formula is C28H34N4O4S. The number of hydrogen-bond acceptors (Lipinski definition) is 6. The van der Waals surface area contributed by atoms with Crippen molar-refractivity contribution in [3.8, 4) is 0 Å². The Kier molecular flexibility index (Phi) is 7.47. The number of anilines is 3. The van der Waals surface area contributed by atoms with Crippen molar-refractivity contribution in [1.82, 2.24) is 4.31 Å². The van der Waals surface area contributed by atoms with Crippen LogP contribution in [-0.4, -0.2) is 51.0 Å². The van der Waals surface area contributed by atoms with E-state index in [2.05, 4.69) is 5.32 Å². The molecule has 4 rings (SSSR count). The normalized spacial score (nSPS) is 16.1. The number of benzene rings is 3. The maximum absolute atomic E-state index is 13.6. The van der Waals surface area contributed by atoms with Crippen LogP contribution in [0.4, 0.5) is 17.1 Å². The van der Waals surface area contributed by atoms with Crippen LogP contribution in [0.3, 0.4) is 0 Å². The van der Waals surface area contributed by atoms with E-state index in [0.29, 0.717) is 29.4 Å². The molecule has 9 heteroatoms. The first-order chi connectivity index (χ1) is 17.5. The number of para-hydroxylation sites is 1. The highest BCUT2D eigenvalue weighted by molar-refractivity contribution is 7.89. The number of nitrogen functional groups attached to an aromatic ring is 1. The third kappa shape index (κ3) is 5.14. The molecule has 4 N–H and O–H groups in total. The molecule has 0 spiro atoms. The van der Waals surface area contributed by atoms with Crippen molar-refractivity contribution in [2.24, 2.45) is 0 Å². The Morgan fingerprint density at radius 1 is 1.11 bits per heavy atom. The quantitative estimate of drug-likeness (QED) is 0.399. The van der Waals surface area contributed by atoms with E-state index < -0.39 is 21.9 Å². The zero-order valence-electron chi connectivity index (χ0n) is 21.7. The number of carboxylic acid groups (broad SMARTS) is 1. The van der Waals surface area contributed by atoms with Gasteiger partial charge in [0.25, 0.3) is 0 Å². The van der Waals surface area contributed by atoms with E-state index >= 15 is 0 Å². The minimum Gasteiger partial charge on any atom is -0.481 e. The SMILES string of the molecule is CNc1ccc(C(CC(=O)O)c2ccc(C)c(CN3CCN(C)c4ccccc4S3(=O)=O)c2)c(C)c1N. The second-order valence-corrected chi connectivity index (χ2v) is 11.5. The molecule has 0 aliphatic carbocycles. The van der Waals surface area contributed by atoms with Gasteiger partial charge in [-0.3, -0.25) is 4.79 Å². The number of nitrogens with one attached hydrogen (secondary N) is 1. The number of rotatable bonds is 7. The third-order valence-electron chi connectivity index (χ3n) is 7.28. The van der Waals surface area contributed by atoms with Gasteiger partial charge in [0.15, 0.2) is 0 Å². The maximum Gasteiger partial charge on any atom is 0.304 e. The zero-order chi connectivity index (χ0) is 26.9. The molecule has 1 heterocycles. The largest absolute Gasteiger partial charge is 0.481 e. The molecule has 37 heavy (non-hydrogen) atoms. The minimum absolute atomic E-state index is 0.109. The van der Waals surface area contributed by atoms with Crippen LogP contribution in [-0.2, 0) is 21.4 Å². The van der Waals surface area contributed by atoms with Gasteiger partial charge in [-0.25, -0.2) is 8.42 Å². The lowest BCUT2D eigenvalue weighted by Crippen LogP contribution is -2.33. The predicted octanol–water partition coefficient (Wildman–Crippen LogP) is 4.17. The summed E-state index contributed by atoms with van der Waals surface area (Å²) < 4.78 is 28.7. The summed E-state index contributed by atoms with van der Waals surface area (Å²) in [5, 5.41) is 12.8. The van der Waals surface area contributed by atoms with Crippen molar-refractivity contribution in [2.45, 2.75) is 37.6 Å². The van der Waals surface area contributed by atoms with Crippen LogP contribution in [0, 0.1) is 13.8 Å². The first-order valence-electron chi connectivity index (χ1n) is 12.2. The highest BCUT2D eigenvalue weighted by Crippen LogP contribution is 2.37. The number of nitrogens with zero attached hydrogens (tertiary/aromatic N) is 2. The molecule has 196 valence electrons. The van der Waals surface area contributed by atoms with E-state index in [1.165, 1.54) is 4.31 Å². The molecule has 1 atom stereocenters. The van der Waals surface area contributed by atoms with Crippen molar-refractivity contribution in [2.75, 3.05) is 43.1 Å². The zero-order valence-corrected chi connectivity index (χ0v) is 22.5. The Bertz CT molecular complexity index is 1440. The van der Waals surface area contributed by atoms with Gasteiger partial charge < -0.3 is 21.1 Å². The van der Waals surface area contributed by atoms with Crippen molar-refractivity contribution in [3.05, 3.63) is 82.4 Å². The number of fused-ring (bicyclic) bond motifs is 1. The van der Waals surface area contributed by atoms with Crippen LogP contribution in [0.1, 0.15) is 40.2 Å². The minimum atomic E-state index is -3.72. The molecular weight excluding hydrogens is 488 g/mol. The van der Waals surface area contributed by atoms with Gasteiger partial charge in [-0.1, -0.05) is 36.4 Å². The predicted molar refractivity (Wildman–Crippen MR) is 148 cm³/mol. The summed E-state index contributed by atoms with van der Waals surface area (Å²) in [4.78, 5) is 14.1. The fourth-order valence-corrected chi connectivity index (χ4v) is 6.64. The van der Waals surface area contributed by atoms with Gasteiger partial charge >= 0.3 is 5.97 Å². The first-order valence-corrected chi connectivity index (χ1v) is 13.7. The van der Waals surface area contributed by atoms with Crippen LogP contribution in [0.5, 0.6) is 0 Å². The summed E-state index contributed by atoms with van der Waals surface area (Å²) in [7, 11) is -0.0305. The Balaban J connectivity index is 1.75. The topological polar surface area (TPSA) is 116 Å². The van der Waals surface area contributed by atoms with Gasteiger partial charge in [-0.15, -0.1) is 0 Å². The van der Waals surface area contributed by atoms with Gasteiger partial charge in [0.2, 0.25) is 10.0 Å². The number of sulfonamides is 1. The second kappa shape index (κ2) is 10.4. The van der Waals surface area contributed by atoms with E-state index in [1.54, 1.807) is 19.2 Å². The summed E-state index contributed by atoms with van der Waals surface area (Å²) in [5.41, 5.74) is 12.7. The summed E-state index contributed by atoms with van der Waals surface area (Å²) >= 11 is 0. The number of likely N-dealkylation sites (N-methyl/N-ethyl adjacent to an activating group) is 1. The molecule has 1 aliphatic rings. The van der Waals surface area contributed by atoms with Crippen LogP contribution in [0.2, 0.25) is 0 Å². The molecule has 0 fully saturated rings. The number of nitrogens with two attached hydrogens (primary N) is 1. The van der Waals surface area contributed by atoms with Gasteiger partial charge in [-0.05, 0) is 59.9 Å². The maximum atomic E-state index is 13.6. The summed E-state index contributed by atoms with van der Waals surface area (Å²) in [6.07, 6.45) is -0.109. The van der Waals surface area contributed by atoms with Gasteiger partial charge in [0.05, 0.1) is 23.5 Å². The number of hydrogen-bond donors (Lipinski definition) is 3. The Hall–Kier alpha value is -3.56. The molecule has 1 aliphatic heterocycles. The van der Waals surface area contributed by atoms with E-state index in [1.807, 2.05) is 68.3 Å². The van der Waals surface area contributed by atoms with E-state index in [0.717, 1.165) is 33.5 Å². The molecule has 0 bridgehead atoms. The molecule has 0 amide bonds. The van der Waals surface area contributed by atoms with Crippen molar-refractivity contribution < 1.29 is 18.3 Å². The van der Waals surface area contributed by atoms with Crippen LogP contribution < -0.4 is 16.0 Å². The first kappa shape index (κ1) is 26.5. The lowest BCUT2D eigenvalue weighted by Gasteiger charge is -2.24. The molecule has 1 unspecified atom stereocenters. The molecule has 3 aromatic carbocycles. The van der Waals surface area contributed by atoms with Gasteiger partial charge in [0, 0.05) is 39.6 Å². The monoisotopic (exact) mass is 522 g/mol. The Morgan fingerprint density at radius 2 is 1.84 bits per heavy atom. The van der Waals surface area contributed by atoms with Crippen molar-refractivity contribution in [3.63, 3.8) is 0 Å². The number of carbonyl (C=O) groups is 1. The van der Waals surface area contributed by atoms with Crippen molar-refractivity contribution in [1.29, 1.82) is 0 Å². The molecule has 0 aromatic heterocycles. The van der Waals surface area contributed by atoms with E-state index in [4.69, 9.17) is 5.73 Å². The lowest BCUT2D eigenvalue weighted by molar-refractivity contribution is -0.137. The van der Waals surface area contributed by atoms with Crippen molar-refractivity contribution >= 4 is 33.1 Å². The fourth-order valence-electron chi connectivity index (χ4n) is 4.99. The summed E-state index contributed by atoms with van der Waals surface area (Å²) in [5.74, 6) is -1.35. The fraction of sp³-hybridized carbons (Fsp3) is 0.321. The summed E-state index contributed by atoms with van der Waals surface area (Å²) in [6.45, 7) is 4.95. The average Bonchev–Trinajstić information content (AvgIpc) is 2.96. The molecule has 8 nitrogen and oxygen atoms in total. The Morgan fingerprint density at radius 3 is 2.54 bits per heavy atom. The molecule has 3 aromatic rings.